The minimum absolute atomic E-state index is 0.0277. The molecule has 140 valence electrons. The third-order valence-electron chi connectivity index (χ3n) is 4.04. The smallest absolute Gasteiger partial charge is 0.414 e. The summed E-state index contributed by atoms with van der Waals surface area (Å²) in [5, 5.41) is 2.58. The van der Waals surface area contributed by atoms with Crippen molar-refractivity contribution in [2.24, 2.45) is 5.73 Å². The number of primary amides is 1. The Balaban J connectivity index is 1.81. The van der Waals surface area contributed by atoms with Gasteiger partial charge in [0.1, 0.15) is 17.6 Å². The van der Waals surface area contributed by atoms with Gasteiger partial charge in [-0.3, -0.25) is 19.5 Å². The van der Waals surface area contributed by atoms with E-state index in [9.17, 15) is 18.8 Å². The molecule has 0 bridgehead atoms. The molecule has 27 heavy (non-hydrogen) atoms. The summed E-state index contributed by atoms with van der Waals surface area (Å²) < 4.78 is 19.8. The molecule has 0 unspecified atom stereocenters. The van der Waals surface area contributed by atoms with Gasteiger partial charge < -0.3 is 15.8 Å². The third kappa shape index (κ3) is 4.02. The van der Waals surface area contributed by atoms with Crippen molar-refractivity contribution >= 4 is 23.6 Å². The van der Waals surface area contributed by atoms with Crippen LogP contribution < -0.4 is 16.0 Å². The van der Waals surface area contributed by atoms with Crippen LogP contribution in [0.4, 0.5) is 14.9 Å². The molecule has 1 aromatic heterocycles. The Labute approximate surface area is 154 Å². The Bertz CT molecular complexity index is 918. The topological polar surface area (TPSA) is 115 Å². The average Bonchev–Trinajstić information content (AvgIpc) is 3.00. The quantitative estimate of drug-likeness (QED) is 0.824. The number of benzene rings is 1. The van der Waals surface area contributed by atoms with Gasteiger partial charge in [0, 0.05) is 18.7 Å². The molecule has 0 radical (unpaired) electrons. The lowest BCUT2D eigenvalue weighted by molar-refractivity contribution is -0.119. The summed E-state index contributed by atoms with van der Waals surface area (Å²) in [7, 11) is 0. The summed E-state index contributed by atoms with van der Waals surface area (Å²) in [5.74, 6) is -1.52. The zero-order valence-electron chi connectivity index (χ0n) is 14.4. The van der Waals surface area contributed by atoms with Crippen LogP contribution in [0.1, 0.15) is 17.4 Å². The molecule has 1 aliphatic rings. The molecule has 2 heterocycles. The van der Waals surface area contributed by atoms with Crippen LogP contribution in [-0.4, -0.2) is 42.1 Å². The first-order chi connectivity index (χ1) is 12.8. The zero-order chi connectivity index (χ0) is 19.6. The predicted octanol–water partition coefficient (Wildman–Crippen LogP) is 1.45. The maximum absolute atomic E-state index is 14.6. The minimum atomic E-state index is -0.709. The maximum Gasteiger partial charge on any atom is 0.414 e. The summed E-state index contributed by atoms with van der Waals surface area (Å²) in [4.78, 5) is 39.4. The van der Waals surface area contributed by atoms with Crippen LogP contribution in [0.2, 0.25) is 0 Å². The van der Waals surface area contributed by atoms with E-state index >= 15 is 0 Å². The van der Waals surface area contributed by atoms with E-state index in [0.717, 1.165) is 0 Å². The number of ether oxygens (including phenoxy) is 1. The van der Waals surface area contributed by atoms with Crippen LogP contribution in [0.3, 0.4) is 0 Å². The summed E-state index contributed by atoms with van der Waals surface area (Å²) >= 11 is 0. The van der Waals surface area contributed by atoms with E-state index < -0.39 is 23.9 Å². The third-order valence-corrected chi connectivity index (χ3v) is 4.04. The van der Waals surface area contributed by atoms with E-state index in [1.54, 1.807) is 12.1 Å². The Morgan fingerprint density at radius 3 is 2.81 bits per heavy atom. The number of nitrogens with two attached hydrogens (primary N) is 1. The van der Waals surface area contributed by atoms with Gasteiger partial charge in [-0.2, -0.15) is 0 Å². The molecule has 0 aliphatic carbocycles. The second-order valence-electron chi connectivity index (χ2n) is 6.01. The first-order valence-corrected chi connectivity index (χ1v) is 8.13. The lowest BCUT2D eigenvalue weighted by Crippen LogP contribution is -2.33. The van der Waals surface area contributed by atoms with Crippen LogP contribution in [0.25, 0.3) is 11.1 Å². The summed E-state index contributed by atoms with van der Waals surface area (Å²) in [6.07, 6.45) is 0.243. The maximum atomic E-state index is 14.6. The molecular weight excluding hydrogens is 355 g/mol. The number of rotatable bonds is 5. The fraction of sp³-hybridized carbons (Fsp3) is 0.222. The highest BCUT2D eigenvalue weighted by Gasteiger charge is 2.32. The molecule has 3 N–H and O–H groups in total. The molecule has 3 rings (SSSR count). The number of halogens is 1. The van der Waals surface area contributed by atoms with Gasteiger partial charge in [0.05, 0.1) is 18.8 Å². The SMILES string of the molecule is CC(=O)NC[C@H]1CN(c2ccc(-c3ccnc(C(N)=O)c3)c(F)c2)C(=O)O1. The molecule has 8 nitrogen and oxygen atoms in total. The number of hydrogen-bond donors (Lipinski definition) is 2. The van der Waals surface area contributed by atoms with Crippen molar-refractivity contribution in [3.63, 3.8) is 0 Å². The second-order valence-corrected chi connectivity index (χ2v) is 6.01. The summed E-state index contributed by atoms with van der Waals surface area (Å²) in [5.41, 5.74) is 6.24. The number of anilines is 1. The van der Waals surface area contributed by atoms with Gasteiger partial charge in [-0.15, -0.1) is 0 Å². The van der Waals surface area contributed by atoms with Gasteiger partial charge in [-0.25, -0.2) is 9.18 Å². The molecule has 1 fully saturated rings. The predicted molar refractivity (Wildman–Crippen MR) is 94.4 cm³/mol. The monoisotopic (exact) mass is 372 g/mol. The fourth-order valence-electron chi connectivity index (χ4n) is 2.74. The molecule has 3 amide bonds. The van der Waals surface area contributed by atoms with Crippen molar-refractivity contribution in [2.45, 2.75) is 13.0 Å². The van der Waals surface area contributed by atoms with Crippen LogP contribution in [-0.2, 0) is 9.53 Å². The van der Waals surface area contributed by atoms with Gasteiger partial charge in [0.25, 0.3) is 5.91 Å². The molecule has 1 aromatic carbocycles. The van der Waals surface area contributed by atoms with Crippen LogP contribution in [0.15, 0.2) is 36.5 Å². The number of aromatic nitrogens is 1. The van der Waals surface area contributed by atoms with Crippen LogP contribution >= 0.6 is 0 Å². The average molecular weight is 372 g/mol. The number of carbonyl (C=O) groups is 3. The van der Waals surface area contributed by atoms with E-state index in [1.165, 1.54) is 36.2 Å². The molecule has 1 atom stereocenters. The molecule has 0 spiro atoms. The van der Waals surface area contributed by atoms with E-state index in [4.69, 9.17) is 10.5 Å². The van der Waals surface area contributed by atoms with E-state index in [1.807, 2.05) is 0 Å². The minimum Gasteiger partial charge on any atom is -0.442 e. The number of amides is 3. The molecule has 1 aliphatic heterocycles. The molecule has 9 heteroatoms. The van der Waals surface area contributed by atoms with Crippen molar-refractivity contribution in [3.8, 4) is 11.1 Å². The van der Waals surface area contributed by atoms with Gasteiger partial charge >= 0.3 is 6.09 Å². The molecule has 0 saturated carbocycles. The number of nitrogens with zero attached hydrogens (tertiary/aromatic N) is 2. The van der Waals surface area contributed by atoms with Gasteiger partial charge in [-0.1, -0.05) is 0 Å². The van der Waals surface area contributed by atoms with Crippen molar-refractivity contribution in [2.75, 3.05) is 18.0 Å². The Kier molecular flexibility index (Phi) is 5.02. The van der Waals surface area contributed by atoms with Crippen molar-refractivity contribution in [1.29, 1.82) is 0 Å². The largest absolute Gasteiger partial charge is 0.442 e. The standard InChI is InChI=1S/C18H17FN4O4/c1-10(24)22-8-13-9-23(18(26)27-13)12-2-3-14(15(19)7-12)11-4-5-21-16(6-11)17(20)25/h2-7,13H,8-9H2,1H3,(H2,20,25)(H,22,24)/t13-/m0/s1. The summed E-state index contributed by atoms with van der Waals surface area (Å²) in [6, 6.07) is 7.23. The number of pyridine rings is 1. The van der Waals surface area contributed by atoms with E-state index in [0.29, 0.717) is 11.3 Å². The number of cyclic esters (lactones) is 1. The zero-order valence-corrected chi connectivity index (χ0v) is 14.4. The lowest BCUT2D eigenvalue weighted by atomic mass is 10.0. The van der Waals surface area contributed by atoms with Crippen molar-refractivity contribution < 1.29 is 23.5 Å². The Hall–Kier alpha value is -3.49. The molecular formula is C18H17FN4O4. The number of hydrogen-bond acceptors (Lipinski definition) is 5. The normalized spacial score (nSPS) is 16.1. The fourth-order valence-corrected chi connectivity index (χ4v) is 2.74. The Morgan fingerprint density at radius 1 is 1.37 bits per heavy atom. The van der Waals surface area contributed by atoms with Gasteiger partial charge in [0.2, 0.25) is 5.91 Å². The Morgan fingerprint density at radius 2 is 2.15 bits per heavy atom. The first kappa shape index (κ1) is 18.3. The van der Waals surface area contributed by atoms with Crippen LogP contribution in [0.5, 0.6) is 0 Å². The highest BCUT2D eigenvalue weighted by atomic mass is 19.1. The summed E-state index contributed by atoms with van der Waals surface area (Å²) in [6.45, 7) is 1.75. The van der Waals surface area contributed by atoms with E-state index in [2.05, 4.69) is 10.3 Å². The highest BCUT2D eigenvalue weighted by Crippen LogP contribution is 2.29. The molecule has 1 saturated heterocycles. The van der Waals surface area contributed by atoms with Crippen molar-refractivity contribution in [3.05, 3.63) is 48.0 Å². The second kappa shape index (κ2) is 7.40. The van der Waals surface area contributed by atoms with Crippen molar-refractivity contribution in [1.82, 2.24) is 10.3 Å². The van der Waals surface area contributed by atoms with Crippen LogP contribution in [0, 0.1) is 5.82 Å². The van der Waals surface area contributed by atoms with Gasteiger partial charge in [-0.05, 0) is 35.9 Å². The van der Waals surface area contributed by atoms with E-state index in [-0.39, 0.29) is 30.3 Å². The number of nitrogens with one attached hydrogen (secondary N) is 1. The highest BCUT2D eigenvalue weighted by molar-refractivity contribution is 5.92. The number of carbonyl (C=O) groups excluding carboxylic acids is 3. The lowest BCUT2D eigenvalue weighted by Gasteiger charge is -2.14. The molecule has 2 aromatic rings. The first-order valence-electron chi connectivity index (χ1n) is 8.13. The van der Waals surface area contributed by atoms with Gasteiger partial charge in [0.15, 0.2) is 0 Å².